The Balaban J connectivity index is 1.99. The van der Waals surface area contributed by atoms with Crippen molar-refractivity contribution in [2.45, 2.75) is 45.8 Å². The van der Waals surface area contributed by atoms with Gasteiger partial charge in [-0.1, -0.05) is 13.8 Å². The lowest BCUT2D eigenvalue weighted by atomic mass is 10.0. The lowest BCUT2D eigenvalue weighted by Crippen LogP contribution is -2.52. The Kier molecular flexibility index (Phi) is 5.73. The zero-order valence-corrected chi connectivity index (χ0v) is 14.3. The molecular weight excluding hydrogens is 310 g/mol. The molecular formula is C16H23N5O3. The van der Waals surface area contributed by atoms with Crippen LogP contribution in [0.15, 0.2) is 35.5 Å². The highest BCUT2D eigenvalue weighted by atomic mass is 16.3. The zero-order chi connectivity index (χ0) is 17.7. The lowest BCUT2D eigenvalue weighted by Gasteiger charge is -2.26. The summed E-state index contributed by atoms with van der Waals surface area (Å²) in [6.07, 6.45) is 4.47. The van der Waals surface area contributed by atoms with Gasteiger partial charge in [-0.05, 0) is 31.9 Å². The average Bonchev–Trinajstić information content (AvgIpc) is 3.23. The van der Waals surface area contributed by atoms with Crippen LogP contribution in [0.4, 0.5) is 0 Å². The van der Waals surface area contributed by atoms with Gasteiger partial charge < -0.3 is 15.1 Å². The maximum Gasteiger partial charge on any atom is 0.287 e. The molecule has 3 unspecified atom stereocenters. The molecule has 0 fully saturated rings. The van der Waals surface area contributed by atoms with E-state index in [0.717, 1.165) is 0 Å². The van der Waals surface area contributed by atoms with Crippen LogP contribution in [-0.4, -0.2) is 38.7 Å². The van der Waals surface area contributed by atoms with Crippen molar-refractivity contribution in [3.05, 3.63) is 36.8 Å². The SMILES string of the molecule is CC(C)C(NC(=O)c1ccco1)C(=O)NC(C)C(C)n1cncn1. The Morgan fingerprint density at radius 2 is 1.96 bits per heavy atom. The number of aromatic nitrogens is 3. The van der Waals surface area contributed by atoms with E-state index in [1.165, 1.54) is 12.6 Å². The Labute approximate surface area is 140 Å². The molecule has 3 atom stereocenters. The second-order valence-corrected chi connectivity index (χ2v) is 6.09. The molecule has 0 bridgehead atoms. The number of hydrogen-bond donors (Lipinski definition) is 2. The third kappa shape index (κ3) is 4.21. The Morgan fingerprint density at radius 3 is 2.50 bits per heavy atom. The van der Waals surface area contributed by atoms with Crippen LogP contribution in [0.2, 0.25) is 0 Å². The summed E-state index contributed by atoms with van der Waals surface area (Å²) >= 11 is 0. The van der Waals surface area contributed by atoms with E-state index in [0.29, 0.717) is 0 Å². The van der Waals surface area contributed by atoms with E-state index in [-0.39, 0.29) is 29.7 Å². The van der Waals surface area contributed by atoms with E-state index in [4.69, 9.17) is 4.42 Å². The van der Waals surface area contributed by atoms with Crippen LogP contribution >= 0.6 is 0 Å². The van der Waals surface area contributed by atoms with E-state index in [1.54, 1.807) is 23.1 Å². The normalized spacial score (nSPS) is 14.9. The Morgan fingerprint density at radius 1 is 1.21 bits per heavy atom. The zero-order valence-electron chi connectivity index (χ0n) is 14.3. The number of amides is 2. The first kappa shape index (κ1) is 17.7. The van der Waals surface area contributed by atoms with E-state index < -0.39 is 11.9 Å². The average molecular weight is 333 g/mol. The molecule has 0 aliphatic rings. The van der Waals surface area contributed by atoms with Crippen LogP contribution in [0.1, 0.15) is 44.3 Å². The number of nitrogens with one attached hydrogen (secondary N) is 2. The third-order valence-corrected chi connectivity index (χ3v) is 3.93. The Bertz CT molecular complexity index is 651. The van der Waals surface area contributed by atoms with Gasteiger partial charge in [-0.15, -0.1) is 0 Å². The highest BCUT2D eigenvalue weighted by Gasteiger charge is 2.28. The summed E-state index contributed by atoms with van der Waals surface area (Å²) in [4.78, 5) is 28.6. The topological polar surface area (TPSA) is 102 Å². The van der Waals surface area contributed by atoms with Crippen molar-refractivity contribution < 1.29 is 14.0 Å². The van der Waals surface area contributed by atoms with Crippen LogP contribution < -0.4 is 10.6 Å². The number of carbonyl (C=O) groups is 2. The van der Waals surface area contributed by atoms with Gasteiger partial charge in [0.1, 0.15) is 18.7 Å². The number of rotatable bonds is 7. The smallest absolute Gasteiger partial charge is 0.287 e. The first-order valence-electron chi connectivity index (χ1n) is 7.89. The highest BCUT2D eigenvalue weighted by molar-refractivity contribution is 5.95. The van der Waals surface area contributed by atoms with Crippen molar-refractivity contribution in [2.75, 3.05) is 0 Å². The summed E-state index contributed by atoms with van der Waals surface area (Å²) in [5.41, 5.74) is 0. The van der Waals surface area contributed by atoms with Crippen molar-refractivity contribution in [1.29, 1.82) is 0 Å². The summed E-state index contributed by atoms with van der Waals surface area (Å²) < 4.78 is 6.74. The molecule has 2 rings (SSSR count). The molecule has 2 N–H and O–H groups in total. The second-order valence-electron chi connectivity index (χ2n) is 6.09. The molecule has 0 aliphatic carbocycles. The standard InChI is InChI=1S/C16H23N5O3/c1-10(2)14(20-15(22)13-6-5-7-24-13)16(23)19-11(3)12(4)21-9-17-8-18-21/h5-12,14H,1-4H3,(H,19,23)(H,20,22). The van der Waals surface area contributed by atoms with Gasteiger partial charge in [-0.3, -0.25) is 9.59 Å². The van der Waals surface area contributed by atoms with Gasteiger partial charge >= 0.3 is 0 Å². The molecule has 0 saturated heterocycles. The minimum Gasteiger partial charge on any atom is -0.459 e. The summed E-state index contributed by atoms with van der Waals surface area (Å²) in [5.74, 6) is -0.550. The monoisotopic (exact) mass is 333 g/mol. The van der Waals surface area contributed by atoms with Crippen LogP contribution in [0.25, 0.3) is 0 Å². The van der Waals surface area contributed by atoms with Gasteiger partial charge in [0.15, 0.2) is 5.76 Å². The molecule has 130 valence electrons. The van der Waals surface area contributed by atoms with E-state index >= 15 is 0 Å². The fourth-order valence-electron chi connectivity index (χ4n) is 2.25. The van der Waals surface area contributed by atoms with Crippen molar-refractivity contribution in [3.63, 3.8) is 0 Å². The molecule has 2 aromatic heterocycles. The fourth-order valence-corrected chi connectivity index (χ4v) is 2.25. The van der Waals surface area contributed by atoms with Crippen LogP contribution in [0.3, 0.4) is 0 Å². The molecule has 0 aliphatic heterocycles. The van der Waals surface area contributed by atoms with Crippen molar-refractivity contribution in [2.24, 2.45) is 5.92 Å². The summed E-state index contributed by atoms with van der Waals surface area (Å²) in [7, 11) is 0. The quantitative estimate of drug-likeness (QED) is 0.797. The fraction of sp³-hybridized carbons (Fsp3) is 0.500. The van der Waals surface area contributed by atoms with E-state index in [1.807, 2.05) is 27.7 Å². The van der Waals surface area contributed by atoms with Crippen LogP contribution in [-0.2, 0) is 4.79 Å². The summed E-state index contributed by atoms with van der Waals surface area (Å²) in [6, 6.07) is 2.28. The first-order valence-corrected chi connectivity index (χ1v) is 7.89. The van der Waals surface area contributed by atoms with Crippen molar-refractivity contribution in [3.8, 4) is 0 Å². The first-order chi connectivity index (χ1) is 11.4. The maximum absolute atomic E-state index is 12.6. The molecule has 8 nitrogen and oxygen atoms in total. The van der Waals surface area contributed by atoms with Gasteiger partial charge in [0, 0.05) is 6.04 Å². The van der Waals surface area contributed by atoms with Gasteiger partial charge in [-0.2, -0.15) is 5.10 Å². The number of carbonyl (C=O) groups excluding carboxylic acids is 2. The molecule has 0 saturated carbocycles. The summed E-state index contributed by atoms with van der Waals surface area (Å²) in [6.45, 7) is 7.57. The molecule has 8 heteroatoms. The highest BCUT2D eigenvalue weighted by Crippen LogP contribution is 2.11. The molecule has 2 amide bonds. The van der Waals surface area contributed by atoms with E-state index in [9.17, 15) is 9.59 Å². The van der Waals surface area contributed by atoms with Crippen LogP contribution in [0.5, 0.6) is 0 Å². The lowest BCUT2D eigenvalue weighted by molar-refractivity contribution is -0.124. The predicted octanol–water partition coefficient (Wildman–Crippen LogP) is 1.39. The molecule has 24 heavy (non-hydrogen) atoms. The number of furan rings is 1. The third-order valence-electron chi connectivity index (χ3n) is 3.93. The maximum atomic E-state index is 12.6. The van der Waals surface area contributed by atoms with Gasteiger partial charge in [0.2, 0.25) is 5.91 Å². The molecule has 2 heterocycles. The molecule has 0 aromatic carbocycles. The summed E-state index contributed by atoms with van der Waals surface area (Å²) in [5, 5.41) is 9.72. The predicted molar refractivity (Wildman–Crippen MR) is 87.1 cm³/mol. The van der Waals surface area contributed by atoms with E-state index in [2.05, 4.69) is 20.7 Å². The Hall–Kier alpha value is -2.64. The number of hydrogen-bond acceptors (Lipinski definition) is 5. The minimum atomic E-state index is -0.659. The second kappa shape index (κ2) is 7.76. The number of nitrogens with zero attached hydrogens (tertiary/aromatic N) is 3. The molecule has 0 radical (unpaired) electrons. The van der Waals surface area contributed by atoms with Gasteiger partial charge in [0.25, 0.3) is 5.91 Å². The van der Waals surface area contributed by atoms with Gasteiger partial charge in [-0.25, -0.2) is 9.67 Å². The van der Waals surface area contributed by atoms with Gasteiger partial charge in [0.05, 0.1) is 12.3 Å². The van der Waals surface area contributed by atoms with Crippen molar-refractivity contribution >= 4 is 11.8 Å². The van der Waals surface area contributed by atoms with Crippen molar-refractivity contribution in [1.82, 2.24) is 25.4 Å². The van der Waals surface area contributed by atoms with Crippen LogP contribution in [0, 0.1) is 5.92 Å². The minimum absolute atomic E-state index is 0.0648. The molecule has 2 aromatic rings. The molecule has 0 spiro atoms. The largest absolute Gasteiger partial charge is 0.459 e.